The molecule has 4 rings (SSSR count). The number of rotatable bonds is 3. The van der Waals surface area contributed by atoms with Crippen LogP contribution in [0, 0.1) is 5.82 Å². The van der Waals surface area contributed by atoms with Gasteiger partial charge in [0, 0.05) is 11.5 Å². The van der Waals surface area contributed by atoms with Crippen LogP contribution < -0.4 is 10.4 Å². The highest BCUT2D eigenvalue weighted by Crippen LogP contribution is 2.25. The molecule has 1 heterocycles. The molecule has 4 aromatic rings. The number of benzene rings is 3. The van der Waals surface area contributed by atoms with Crippen molar-refractivity contribution in [2.75, 3.05) is 0 Å². The summed E-state index contributed by atoms with van der Waals surface area (Å²) in [5.74, 6) is -1.02. The molecule has 0 aliphatic rings. The predicted octanol–water partition coefficient (Wildman–Crippen LogP) is 4.82. The molecule has 132 valence electrons. The third-order valence-electron chi connectivity index (χ3n) is 4.06. The molecule has 0 atom stereocenters. The second kappa shape index (κ2) is 6.88. The van der Waals surface area contributed by atoms with Gasteiger partial charge in [-0.05, 0) is 42.0 Å². The topological polar surface area (TPSA) is 56.5 Å². The van der Waals surface area contributed by atoms with E-state index in [9.17, 15) is 14.0 Å². The lowest BCUT2D eigenvalue weighted by atomic mass is 10.1. The smallest absolute Gasteiger partial charge is 0.344 e. The molecule has 0 saturated heterocycles. The van der Waals surface area contributed by atoms with Crippen molar-refractivity contribution in [1.82, 2.24) is 0 Å². The molecule has 4 nitrogen and oxygen atoms in total. The van der Waals surface area contributed by atoms with Gasteiger partial charge in [0.1, 0.15) is 17.1 Å². The Morgan fingerprint density at radius 2 is 1.70 bits per heavy atom. The molecule has 0 radical (unpaired) electrons. The largest absolute Gasteiger partial charge is 0.423 e. The zero-order valence-electron chi connectivity index (χ0n) is 14.0. The summed E-state index contributed by atoms with van der Waals surface area (Å²) in [6.45, 7) is 0. The predicted molar refractivity (Wildman–Crippen MR) is 99.3 cm³/mol. The van der Waals surface area contributed by atoms with Gasteiger partial charge in [0.05, 0.1) is 11.1 Å². The van der Waals surface area contributed by atoms with E-state index >= 15 is 0 Å². The maximum Gasteiger partial charge on any atom is 0.344 e. The summed E-state index contributed by atoms with van der Waals surface area (Å²) in [6.07, 6.45) is 0. The molecule has 0 aliphatic heterocycles. The van der Waals surface area contributed by atoms with E-state index in [0.717, 1.165) is 11.6 Å². The lowest BCUT2D eigenvalue weighted by Crippen LogP contribution is -2.09. The quantitative estimate of drug-likeness (QED) is 0.299. The van der Waals surface area contributed by atoms with Crippen LogP contribution in [0.15, 0.2) is 88.1 Å². The Labute approximate surface area is 153 Å². The number of fused-ring (bicyclic) bond motifs is 1. The molecule has 0 aliphatic carbocycles. The van der Waals surface area contributed by atoms with Crippen LogP contribution in [0.25, 0.3) is 22.1 Å². The van der Waals surface area contributed by atoms with Crippen LogP contribution in [-0.2, 0) is 0 Å². The van der Waals surface area contributed by atoms with E-state index < -0.39 is 17.4 Å². The monoisotopic (exact) mass is 360 g/mol. The first-order valence-electron chi connectivity index (χ1n) is 8.21. The molecule has 0 bridgehead atoms. The van der Waals surface area contributed by atoms with Gasteiger partial charge in [0.15, 0.2) is 0 Å². The van der Waals surface area contributed by atoms with Gasteiger partial charge in [-0.3, -0.25) is 0 Å². The number of hydrogen-bond acceptors (Lipinski definition) is 4. The van der Waals surface area contributed by atoms with Crippen LogP contribution in [0.4, 0.5) is 4.39 Å². The minimum absolute atomic E-state index is 0.0935. The number of hydrogen-bond donors (Lipinski definition) is 0. The third-order valence-corrected chi connectivity index (χ3v) is 4.06. The molecule has 0 unspecified atom stereocenters. The van der Waals surface area contributed by atoms with Crippen molar-refractivity contribution in [3.63, 3.8) is 0 Å². The van der Waals surface area contributed by atoms with Gasteiger partial charge in [0.25, 0.3) is 0 Å². The molecule has 1 aromatic heterocycles. The Bertz CT molecular complexity index is 1200. The van der Waals surface area contributed by atoms with Gasteiger partial charge < -0.3 is 9.15 Å². The fourth-order valence-electron chi connectivity index (χ4n) is 2.76. The Morgan fingerprint density at radius 3 is 2.48 bits per heavy atom. The Balaban J connectivity index is 1.67. The van der Waals surface area contributed by atoms with Crippen LogP contribution >= 0.6 is 0 Å². The molecule has 3 aromatic carbocycles. The molecule has 0 amide bonds. The second-order valence-corrected chi connectivity index (χ2v) is 5.91. The molecule has 0 spiro atoms. The molecule has 27 heavy (non-hydrogen) atoms. The lowest BCUT2D eigenvalue weighted by molar-refractivity contribution is 0.0734. The van der Waals surface area contributed by atoms with Crippen LogP contribution in [0.3, 0.4) is 0 Å². The molecule has 0 saturated carbocycles. The summed E-state index contributed by atoms with van der Waals surface area (Å²) in [4.78, 5) is 24.4. The third kappa shape index (κ3) is 3.48. The SMILES string of the molecule is O=C(Oc1ccc2cc(-c3ccccc3)c(=O)oc2c1)c1cccc(F)c1. The van der Waals surface area contributed by atoms with E-state index in [1.54, 1.807) is 18.2 Å². The van der Waals surface area contributed by atoms with E-state index in [0.29, 0.717) is 16.5 Å². The zero-order valence-corrected chi connectivity index (χ0v) is 14.0. The van der Waals surface area contributed by atoms with Gasteiger partial charge in [-0.2, -0.15) is 0 Å². The summed E-state index contributed by atoms with van der Waals surface area (Å²) >= 11 is 0. The van der Waals surface area contributed by atoms with Crippen molar-refractivity contribution in [2.45, 2.75) is 0 Å². The van der Waals surface area contributed by atoms with Crippen LogP contribution in [0.5, 0.6) is 5.75 Å². The van der Waals surface area contributed by atoms with Crippen LogP contribution in [0.2, 0.25) is 0 Å². The van der Waals surface area contributed by atoms with Gasteiger partial charge in [0.2, 0.25) is 0 Å². The average Bonchev–Trinajstić information content (AvgIpc) is 2.68. The first-order valence-corrected chi connectivity index (χ1v) is 8.21. The van der Waals surface area contributed by atoms with Crippen molar-refractivity contribution in [3.05, 3.63) is 101 Å². The number of carbonyl (C=O) groups excluding carboxylic acids is 1. The highest BCUT2D eigenvalue weighted by molar-refractivity contribution is 5.91. The van der Waals surface area contributed by atoms with Gasteiger partial charge in [-0.25, -0.2) is 14.0 Å². The number of ether oxygens (including phenoxy) is 1. The summed E-state index contributed by atoms with van der Waals surface area (Å²) < 4.78 is 23.9. The van der Waals surface area contributed by atoms with Crippen molar-refractivity contribution in [1.29, 1.82) is 0 Å². The lowest BCUT2D eigenvalue weighted by Gasteiger charge is -2.06. The standard InChI is InChI=1S/C22H13FO4/c23-17-8-4-7-16(11-17)21(24)26-18-10-9-15-12-19(14-5-2-1-3-6-14)22(25)27-20(15)13-18/h1-13H. The van der Waals surface area contributed by atoms with E-state index in [-0.39, 0.29) is 11.3 Å². The van der Waals surface area contributed by atoms with E-state index in [4.69, 9.17) is 9.15 Å². The highest BCUT2D eigenvalue weighted by atomic mass is 19.1. The Hall–Kier alpha value is -3.73. The second-order valence-electron chi connectivity index (χ2n) is 5.91. The summed E-state index contributed by atoms with van der Waals surface area (Å²) in [5.41, 5.74) is 1.12. The first-order chi connectivity index (χ1) is 13.1. The minimum Gasteiger partial charge on any atom is -0.423 e. The minimum atomic E-state index is -0.697. The number of carbonyl (C=O) groups is 1. The zero-order chi connectivity index (χ0) is 18.8. The van der Waals surface area contributed by atoms with Crippen molar-refractivity contribution in [2.24, 2.45) is 0 Å². The van der Waals surface area contributed by atoms with Crippen LogP contribution in [-0.4, -0.2) is 5.97 Å². The number of halogens is 1. The van der Waals surface area contributed by atoms with Crippen molar-refractivity contribution < 1.29 is 18.3 Å². The maximum absolute atomic E-state index is 13.2. The van der Waals surface area contributed by atoms with Gasteiger partial charge in [-0.1, -0.05) is 36.4 Å². The summed E-state index contributed by atoms with van der Waals surface area (Å²) in [5, 5.41) is 0.694. The van der Waals surface area contributed by atoms with E-state index in [1.807, 2.05) is 30.3 Å². The van der Waals surface area contributed by atoms with Gasteiger partial charge in [-0.15, -0.1) is 0 Å². The Kier molecular flexibility index (Phi) is 4.26. The molecule has 5 heteroatoms. The van der Waals surface area contributed by atoms with E-state index in [1.165, 1.54) is 24.3 Å². The first kappa shape index (κ1) is 16.7. The molecular formula is C22H13FO4. The normalized spacial score (nSPS) is 10.7. The van der Waals surface area contributed by atoms with E-state index in [2.05, 4.69) is 0 Å². The van der Waals surface area contributed by atoms with Crippen molar-refractivity contribution in [3.8, 4) is 16.9 Å². The fraction of sp³-hybridized carbons (Fsp3) is 0. The fourth-order valence-corrected chi connectivity index (χ4v) is 2.76. The number of esters is 1. The molecule has 0 N–H and O–H groups in total. The average molecular weight is 360 g/mol. The molecule has 0 fully saturated rings. The molecular weight excluding hydrogens is 347 g/mol. The van der Waals surface area contributed by atoms with Crippen LogP contribution in [0.1, 0.15) is 10.4 Å². The van der Waals surface area contributed by atoms with Crippen molar-refractivity contribution >= 4 is 16.9 Å². The van der Waals surface area contributed by atoms with Gasteiger partial charge >= 0.3 is 11.6 Å². The maximum atomic E-state index is 13.2. The summed E-state index contributed by atoms with van der Waals surface area (Å²) in [6, 6.07) is 20.9. The summed E-state index contributed by atoms with van der Waals surface area (Å²) in [7, 11) is 0. The highest BCUT2D eigenvalue weighted by Gasteiger charge is 2.12. The Morgan fingerprint density at radius 1 is 0.889 bits per heavy atom.